The van der Waals surface area contributed by atoms with E-state index in [1.54, 1.807) is 12.1 Å². The number of carbonyl (C=O) groups excluding carboxylic acids is 1. The molecule has 0 aliphatic rings. The van der Waals surface area contributed by atoms with Crippen LogP contribution < -0.4 is 10.6 Å². The first-order chi connectivity index (χ1) is 14.0. The first-order valence-corrected chi connectivity index (χ1v) is 9.60. The molecule has 4 nitrogen and oxygen atoms in total. The fraction of sp³-hybridized carbons (Fsp3) is 0.208. The van der Waals surface area contributed by atoms with Crippen LogP contribution in [0.5, 0.6) is 0 Å². The lowest BCUT2D eigenvalue weighted by atomic mass is 10.0. The SMILES string of the molecule is CN(C)[C@@H](CN[C@H](C(=O)Nc1ccc(F)cc1)c1ccccc1)c1ccccc1. The van der Waals surface area contributed by atoms with Gasteiger partial charge in [-0.1, -0.05) is 60.7 Å². The molecule has 3 aromatic rings. The highest BCUT2D eigenvalue weighted by molar-refractivity contribution is 5.95. The maximum atomic E-state index is 13.2. The molecule has 0 spiro atoms. The van der Waals surface area contributed by atoms with E-state index in [4.69, 9.17) is 0 Å². The van der Waals surface area contributed by atoms with Crippen molar-refractivity contribution in [3.05, 3.63) is 102 Å². The molecule has 0 aliphatic heterocycles. The van der Waals surface area contributed by atoms with Gasteiger partial charge in [-0.2, -0.15) is 0 Å². The van der Waals surface area contributed by atoms with Crippen LogP contribution in [0.3, 0.4) is 0 Å². The third-order valence-corrected chi connectivity index (χ3v) is 4.83. The van der Waals surface area contributed by atoms with Gasteiger partial charge in [-0.05, 0) is 49.5 Å². The highest BCUT2D eigenvalue weighted by Crippen LogP contribution is 2.21. The minimum atomic E-state index is -0.535. The molecular weight excluding hydrogens is 365 g/mol. The van der Waals surface area contributed by atoms with Crippen LogP contribution in [-0.2, 0) is 4.79 Å². The number of nitrogens with zero attached hydrogens (tertiary/aromatic N) is 1. The van der Waals surface area contributed by atoms with Crippen LogP contribution in [0.15, 0.2) is 84.9 Å². The monoisotopic (exact) mass is 391 g/mol. The van der Waals surface area contributed by atoms with Crippen LogP contribution in [0.25, 0.3) is 0 Å². The van der Waals surface area contributed by atoms with E-state index in [-0.39, 0.29) is 17.8 Å². The fourth-order valence-electron chi connectivity index (χ4n) is 3.26. The smallest absolute Gasteiger partial charge is 0.246 e. The Morgan fingerprint density at radius 2 is 1.41 bits per heavy atom. The second-order valence-electron chi connectivity index (χ2n) is 7.14. The molecule has 5 heteroatoms. The number of benzene rings is 3. The number of hydrogen-bond donors (Lipinski definition) is 2. The number of rotatable bonds is 8. The number of amides is 1. The summed E-state index contributed by atoms with van der Waals surface area (Å²) >= 11 is 0. The second kappa shape index (κ2) is 9.96. The molecule has 2 atom stereocenters. The van der Waals surface area contributed by atoms with Gasteiger partial charge in [0.2, 0.25) is 5.91 Å². The van der Waals surface area contributed by atoms with Crippen molar-refractivity contribution in [1.29, 1.82) is 0 Å². The van der Waals surface area contributed by atoms with E-state index >= 15 is 0 Å². The lowest BCUT2D eigenvalue weighted by Gasteiger charge is -2.28. The topological polar surface area (TPSA) is 44.4 Å². The maximum Gasteiger partial charge on any atom is 0.246 e. The highest BCUT2D eigenvalue weighted by atomic mass is 19.1. The summed E-state index contributed by atoms with van der Waals surface area (Å²) in [6, 6.07) is 25.1. The van der Waals surface area contributed by atoms with Gasteiger partial charge >= 0.3 is 0 Å². The van der Waals surface area contributed by atoms with E-state index < -0.39 is 6.04 Å². The van der Waals surface area contributed by atoms with E-state index in [2.05, 4.69) is 27.7 Å². The van der Waals surface area contributed by atoms with E-state index in [9.17, 15) is 9.18 Å². The minimum absolute atomic E-state index is 0.112. The fourth-order valence-corrected chi connectivity index (χ4v) is 3.26. The Morgan fingerprint density at radius 3 is 1.97 bits per heavy atom. The number of anilines is 1. The van der Waals surface area contributed by atoms with Gasteiger partial charge in [0.05, 0.1) is 0 Å². The average molecular weight is 391 g/mol. The predicted molar refractivity (Wildman–Crippen MR) is 115 cm³/mol. The Balaban J connectivity index is 1.78. The Bertz CT molecular complexity index is 898. The molecule has 3 rings (SSSR count). The Kier molecular flexibility index (Phi) is 7.11. The lowest BCUT2D eigenvalue weighted by Crippen LogP contribution is -2.38. The van der Waals surface area contributed by atoms with E-state index in [1.807, 2.05) is 62.6 Å². The molecule has 0 radical (unpaired) electrons. The van der Waals surface area contributed by atoms with Crippen molar-refractivity contribution in [3.63, 3.8) is 0 Å². The maximum absolute atomic E-state index is 13.2. The summed E-state index contributed by atoms with van der Waals surface area (Å²) in [5.74, 6) is -0.522. The van der Waals surface area contributed by atoms with E-state index in [1.165, 1.54) is 17.7 Å². The molecule has 3 aromatic carbocycles. The van der Waals surface area contributed by atoms with Crippen molar-refractivity contribution < 1.29 is 9.18 Å². The van der Waals surface area contributed by atoms with Crippen molar-refractivity contribution in [3.8, 4) is 0 Å². The van der Waals surface area contributed by atoms with Crippen LogP contribution in [0.2, 0.25) is 0 Å². The van der Waals surface area contributed by atoms with Crippen LogP contribution in [0.4, 0.5) is 10.1 Å². The number of likely N-dealkylation sites (N-methyl/N-ethyl adjacent to an activating group) is 1. The molecule has 0 heterocycles. The zero-order valence-electron chi connectivity index (χ0n) is 16.7. The summed E-state index contributed by atoms with van der Waals surface area (Å²) in [7, 11) is 4.05. The molecule has 0 fully saturated rings. The Hall–Kier alpha value is -3.02. The molecule has 0 bridgehead atoms. The van der Waals surface area contributed by atoms with Gasteiger partial charge in [0, 0.05) is 18.3 Å². The quantitative estimate of drug-likeness (QED) is 0.598. The largest absolute Gasteiger partial charge is 0.324 e. The van der Waals surface area contributed by atoms with Gasteiger partial charge < -0.3 is 15.5 Å². The Labute approximate surface area is 171 Å². The van der Waals surface area contributed by atoms with E-state index in [0.29, 0.717) is 12.2 Å². The first kappa shape index (κ1) is 20.7. The summed E-state index contributed by atoms with van der Waals surface area (Å²) in [6.07, 6.45) is 0. The van der Waals surface area contributed by atoms with Crippen molar-refractivity contribution in [2.45, 2.75) is 12.1 Å². The predicted octanol–water partition coefficient (Wildman–Crippen LogP) is 4.40. The molecule has 0 unspecified atom stereocenters. The molecule has 150 valence electrons. The van der Waals surface area contributed by atoms with Crippen molar-refractivity contribution in [2.24, 2.45) is 0 Å². The van der Waals surface area contributed by atoms with Crippen molar-refractivity contribution >= 4 is 11.6 Å². The molecule has 29 heavy (non-hydrogen) atoms. The third-order valence-electron chi connectivity index (χ3n) is 4.83. The van der Waals surface area contributed by atoms with Gasteiger partial charge in [0.15, 0.2) is 0 Å². The average Bonchev–Trinajstić information content (AvgIpc) is 2.74. The lowest BCUT2D eigenvalue weighted by molar-refractivity contribution is -0.118. The summed E-state index contributed by atoms with van der Waals surface area (Å²) < 4.78 is 13.2. The Morgan fingerprint density at radius 1 is 0.862 bits per heavy atom. The van der Waals surface area contributed by atoms with Gasteiger partial charge in [-0.15, -0.1) is 0 Å². The number of nitrogens with one attached hydrogen (secondary N) is 2. The number of carbonyl (C=O) groups is 1. The summed E-state index contributed by atoms with van der Waals surface area (Å²) in [4.78, 5) is 15.2. The van der Waals surface area contributed by atoms with Gasteiger partial charge in [0.1, 0.15) is 11.9 Å². The van der Waals surface area contributed by atoms with Gasteiger partial charge in [-0.25, -0.2) is 4.39 Å². The second-order valence-corrected chi connectivity index (χ2v) is 7.14. The summed E-state index contributed by atoms with van der Waals surface area (Å²) in [5.41, 5.74) is 2.61. The van der Waals surface area contributed by atoms with Gasteiger partial charge in [-0.3, -0.25) is 4.79 Å². The van der Waals surface area contributed by atoms with Crippen molar-refractivity contribution in [1.82, 2.24) is 10.2 Å². The highest BCUT2D eigenvalue weighted by Gasteiger charge is 2.23. The zero-order valence-corrected chi connectivity index (χ0v) is 16.7. The molecule has 0 saturated carbocycles. The van der Waals surface area contributed by atoms with Crippen LogP contribution in [0.1, 0.15) is 23.2 Å². The number of hydrogen-bond acceptors (Lipinski definition) is 3. The molecule has 2 N–H and O–H groups in total. The van der Waals surface area contributed by atoms with Gasteiger partial charge in [0.25, 0.3) is 0 Å². The molecule has 0 aromatic heterocycles. The molecule has 1 amide bonds. The van der Waals surface area contributed by atoms with Crippen LogP contribution in [0, 0.1) is 5.82 Å². The zero-order chi connectivity index (χ0) is 20.6. The molecule has 0 saturated heterocycles. The van der Waals surface area contributed by atoms with Crippen LogP contribution >= 0.6 is 0 Å². The van der Waals surface area contributed by atoms with Crippen molar-refractivity contribution in [2.75, 3.05) is 26.0 Å². The normalized spacial score (nSPS) is 13.1. The first-order valence-electron chi connectivity index (χ1n) is 9.60. The molecular formula is C24H26FN3O. The standard InChI is InChI=1S/C24H26FN3O/c1-28(2)22(18-9-5-3-6-10-18)17-26-23(19-11-7-4-8-12-19)24(29)27-21-15-13-20(25)14-16-21/h3-16,22-23,26H,17H2,1-2H3,(H,27,29)/t22-,23-/m0/s1. The minimum Gasteiger partial charge on any atom is -0.324 e. The number of halogens is 1. The summed E-state index contributed by atoms with van der Waals surface area (Å²) in [5, 5.41) is 6.30. The molecule has 0 aliphatic carbocycles. The van der Waals surface area contributed by atoms with E-state index in [0.717, 1.165) is 5.56 Å². The summed E-state index contributed by atoms with van der Waals surface area (Å²) in [6.45, 7) is 0.591. The third kappa shape index (κ3) is 5.73. The van der Waals surface area contributed by atoms with Crippen LogP contribution in [-0.4, -0.2) is 31.4 Å².